The molecular weight excluding hydrogens is 411 g/mol. The van der Waals surface area contributed by atoms with Crippen LogP contribution in [0.25, 0.3) is 10.8 Å². The number of halogens is 3. The average molecular weight is 433 g/mol. The highest BCUT2D eigenvalue weighted by Gasteiger charge is 2.30. The van der Waals surface area contributed by atoms with Crippen molar-refractivity contribution in [3.05, 3.63) is 71.8 Å². The van der Waals surface area contributed by atoms with Crippen LogP contribution >= 0.6 is 0 Å². The molecule has 31 heavy (non-hydrogen) atoms. The predicted octanol–water partition coefficient (Wildman–Crippen LogP) is 4.51. The van der Waals surface area contributed by atoms with Crippen molar-refractivity contribution >= 4 is 16.7 Å². The van der Waals surface area contributed by atoms with E-state index in [2.05, 4.69) is 5.32 Å². The van der Waals surface area contributed by atoms with Gasteiger partial charge >= 0.3 is 6.18 Å². The zero-order valence-corrected chi connectivity index (χ0v) is 16.5. The molecule has 0 saturated heterocycles. The first-order chi connectivity index (χ1) is 14.8. The predicted molar refractivity (Wildman–Crippen MR) is 110 cm³/mol. The lowest BCUT2D eigenvalue weighted by Crippen LogP contribution is -2.36. The van der Waals surface area contributed by atoms with Crippen molar-refractivity contribution in [1.29, 1.82) is 0 Å². The average Bonchev–Trinajstić information content (AvgIpc) is 2.73. The maximum Gasteiger partial charge on any atom is 0.416 e. The number of aliphatic hydroxyl groups excluding tert-OH is 2. The van der Waals surface area contributed by atoms with Crippen LogP contribution in [0.1, 0.15) is 28.8 Å². The summed E-state index contributed by atoms with van der Waals surface area (Å²) in [5.41, 5.74) is -0.353. The van der Waals surface area contributed by atoms with Gasteiger partial charge in [-0.15, -0.1) is 0 Å². The van der Waals surface area contributed by atoms with Gasteiger partial charge in [0.1, 0.15) is 11.5 Å². The third kappa shape index (κ3) is 5.74. The SMILES string of the molecule is O=C(NC(CCO)CCO)c1ccc2c(Oc3ccc(C(F)(F)F)cc3)cccc2c1. The summed E-state index contributed by atoms with van der Waals surface area (Å²) in [6.07, 6.45) is -3.74. The van der Waals surface area contributed by atoms with Gasteiger partial charge in [0.2, 0.25) is 0 Å². The highest BCUT2D eigenvalue weighted by Crippen LogP contribution is 2.33. The van der Waals surface area contributed by atoms with Crippen LogP contribution in [0.5, 0.6) is 11.5 Å². The molecule has 8 heteroatoms. The molecule has 3 N–H and O–H groups in total. The van der Waals surface area contributed by atoms with Crippen molar-refractivity contribution in [2.45, 2.75) is 25.1 Å². The smallest absolute Gasteiger partial charge is 0.416 e. The van der Waals surface area contributed by atoms with E-state index in [-0.39, 0.29) is 30.9 Å². The molecule has 0 fully saturated rings. The summed E-state index contributed by atoms with van der Waals surface area (Å²) in [5.74, 6) is 0.378. The van der Waals surface area contributed by atoms with Crippen LogP contribution in [-0.2, 0) is 6.18 Å². The lowest BCUT2D eigenvalue weighted by Gasteiger charge is -2.17. The second-order valence-electron chi connectivity index (χ2n) is 7.01. The van der Waals surface area contributed by atoms with Crippen molar-refractivity contribution in [3.63, 3.8) is 0 Å². The first kappa shape index (κ1) is 22.6. The molecule has 0 aliphatic carbocycles. The number of alkyl halides is 3. The molecule has 1 amide bonds. The summed E-state index contributed by atoms with van der Waals surface area (Å²) in [4.78, 5) is 12.5. The molecule has 5 nitrogen and oxygen atoms in total. The monoisotopic (exact) mass is 433 g/mol. The number of carbonyl (C=O) groups excluding carboxylic acids is 1. The van der Waals surface area contributed by atoms with Gasteiger partial charge < -0.3 is 20.3 Å². The van der Waals surface area contributed by atoms with Crippen molar-refractivity contribution in [2.24, 2.45) is 0 Å². The maximum absolute atomic E-state index is 12.7. The van der Waals surface area contributed by atoms with E-state index < -0.39 is 11.7 Å². The van der Waals surface area contributed by atoms with Gasteiger partial charge in [0.25, 0.3) is 5.91 Å². The quantitative estimate of drug-likeness (QED) is 0.488. The Labute approximate surface area is 177 Å². The van der Waals surface area contributed by atoms with Gasteiger partial charge in [0.15, 0.2) is 0 Å². The minimum Gasteiger partial charge on any atom is -0.457 e. The van der Waals surface area contributed by atoms with Crippen LogP contribution in [0, 0.1) is 0 Å². The van der Waals surface area contributed by atoms with E-state index in [9.17, 15) is 18.0 Å². The second-order valence-corrected chi connectivity index (χ2v) is 7.01. The Morgan fingerprint density at radius 1 is 0.968 bits per heavy atom. The molecular formula is C23H22F3NO4. The molecule has 3 aromatic rings. The summed E-state index contributed by atoms with van der Waals surface area (Å²) in [7, 11) is 0. The highest BCUT2D eigenvalue weighted by atomic mass is 19.4. The topological polar surface area (TPSA) is 78.8 Å². The molecule has 3 aromatic carbocycles. The van der Waals surface area contributed by atoms with E-state index in [0.29, 0.717) is 29.5 Å². The number of fused-ring (bicyclic) bond motifs is 1. The largest absolute Gasteiger partial charge is 0.457 e. The Hall–Kier alpha value is -3.10. The van der Waals surface area contributed by atoms with E-state index in [1.807, 2.05) is 0 Å². The fourth-order valence-corrected chi connectivity index (χ4v) is 3.19. The molecule has 0 heterocycles. The lowest BCUT2D eigenvalue weighted by molar-refractivity contribution is -0.137. The number of hydrogen-bond acceptors (Lipinski definition) is 4. The minimum atomic E-state index is -4.41. The number of rotatable bonds is 8. The van der Waals surface area contributed by atoms with E-state index in [1.54, 1.807) is 36.4 Å². The Morgan fingerprint density at radius 2 is 1.65 bits per heavy atom. The van der Waals surface area contributed by atoms with E-state index in [1.165, 1.54) is 12.1 Å². The van der Waals surface area contributed by atoms with Gasteiger partial charge in [-0.1, -0.05) is 12.1 Å². The molecule has 0 aliphatic rings. The van der Waals surface area contributed by atoms with Gasteiger partial charge in [-0.2, -0.15) is 13.2 Å². The number of amides is 1. The lowest BCUT2D eigenvalue weighted by atomic mass is 10.0. The third-order valence-corrected chi connectivity index (χ3v) is 4.80. The Balaban J connectivity index is 1.80. The van der Waals surface area contributed by atoms with Crippen molar-refractivity contribution in [1.82, 2.24) is 5.32 Å². The number of carbonyl (C=O) groups is 1. The standard InChI is InChI=1S/C23H22F3NO4/c24-23(25,26)17-5-7-19(8-6-17)31-21-3-1-2-15-14-16(4-9-20(15)21)22(30)27-18(10-12-28)11-13-29/h1-9,14,18,28-29H,10-13H2,(H,27,30). The van der Waals surface area contributed by atoms with Gasteiger partial charge in [-0.05, 0) is 66.8 Å². The summed E-state index contributed by atoms with van der Waals surface area (Å²) >= 11 is 0. The number of nitrogens with one attached hydrogen (secondary N) is 1. The number of hydrogen-bond donors (Lipinski definition) is 3. The fourth-order valence-electron chi connectivity index (χ4n) is 3.19. The number of ether oxygens (including phenoxy) is 1. The normalized spacial score (nSPS) is 11.7. The van der Waals surface area contributed by atoms with Crippen LogP contribution in [0.3, 0.4) is 0 Å². The molecule has 0 aliphatic heterocycles. The summed E-state index contributed by atoms with van der Waals surface area (Å²) in [6.45, 7) is -0.208. The van der Waals surface area contributed by atoms with E-state index in [4.69, 9.17) is 14.9 Å². The molecule has 0 bridgehead atoms. The Bertz CT molecular complexity index is 1030. The molecule has 0 unspecified atom stereocenters. The van der Waals surface area contributed by atoms with Crippen molar-refractivity contribution in [2.75, 3.05) is 13.2 Å². The zero-order valence-electron chi connectivity index (χ0n) is 16.5. The molecule has 0 atom stereocenters. The first-order valence-electron chi connectivity index (χ1n) is 9.72. The molecule has 3 rings (SSSR count). The van der Waals surface area contributed by atoms with Crippen LogP contribution in [0.2, 0.25) is 0 Å². The zero-order chi connectivity index (χ0) is 22.4. The van der Waals surface area contributed by atoms with Crippen LogP contribution in [0.15, 0.2) is 60.7 Å². The van der Waals surface area contributed by atoms with E-state index >= 15 is 0 Å². The van der Waals surface area contributed by atoms with Gasteiger partial charge in [0, 0.05) is 30.2 Å². The van der Waals surface area contributed by atoms with Gasteiger partial charge in [-0.25, -0.2) is 0 Å². The summed E-state index contributed by atoms with van der Waals surface area (Å²) < 4.78 is 43.9. The summed E-state index contributed by atoms with van der Waals surface area (Å²) in [5, 5.41) is 22.4. The van der Waals surface area contributed by atoms with Crippen molar-refractivity contribution < 1.29 is 32.9 Å². The Kier molecular flexibility index (Phi) is 7.14. The van der Waals surface area contributed by atoms with Gasteiger partial charge in [-0.3, -0.25) is 4.79 Å². The van der Waals surface area contributed by atoms with Gasteiger partial charge in [0.05, 0.1) is 5.56 Å². The van der Waals surface area contributed by atoms with Crippen molar-refractivity contribution in [3.8, 4) is 11.5 Å². The van der Waals surface area contributed by atoms with E-state index in [0.717, 1.165) is 17.5 Å². The molecule has 0 saturated carbocycles. The summed E-state index contributed by atoms with van der Waals surface area (Å²) in [6, 6.07) is 14.3. The fraction of sp³-hybridized carbons (Fsp3) is 0.261. The van der Waals surface area contributed by atoms with Crippen LogP contribution in [-0.4, -0.2) is 35.4 Å². The van der Waals surface area contributed by atoms with Crippen LogP contribution < -0.4 is 10.1 Å². The first-order valence-corrected chi connectivity index (χ1v) is 9.72. The second kappa shape index (κ2) is 9.80. The number of aliphatic hydroxyl groups is 2. The maximum atomic E-state index is 12.7. The molecule has 164 valence electrons. The minimum absolute atomic E-state index is 0.104. The third-order valence-electron chi connectivity index (χ3n) is 4.80. The Morgan fingerprint density at radius 3 is 2.26 bits per heavy atom. The number of benzene rings is 3. The highest BCUT2D eigenvalue weighted by molar-refractivity contribution is 6.00. The molecule has 0 radical (unpaired) electrons. The molecule has 0 aromatic heterocycles. The molecule has 0 spiro atoms. The van der Waals surface area contributed by atoms with Crippen LogP contribution in [0.4, 0.5) is 13.2 Å².